The normalized spacial score (nSPS) is 10.7. The number of aryl methyl sites for hydroxylation is 1. The molecular weight excluding hydrogens is 502 g/mol. The number of primary amides is 1. The molecule has 2 aromatic heterocycles. The third-order valence-corrected chi connectivity index (χ3v) is 7.55. The van der Waals surface area contributed by atoms with Crippen molar-refractivity contribution in [3.63, 3.8) is 0 Å². The van der Waals surface area contributed by atoms with E-state index in [4.69, 9.17) is 15.2 Å². The standard InChI is InChI=1S/C24H27N5O5S2/c1-6-10-29-17(11-34-16-9-7-8-13(2)14(16)3)27-28-24(29)35-12-18(30)26-22-19(23(32)33-5)15(4)20(36-22)21(25)31/h6-9H,1,10-12H2,2-5H3,(H2,25,31)(H,26,30). The van der Waals surface area contributed by atoms with Crippen molar-refractivity contribution in [3.8, 4) is 5.75 Å². The summed E-state index contributed by atoms with van der Waals surface area (Å²) in [6, 6.07) is 5.84. The molecule has 2 heterocycles. The summed E-state index contributed by atoms with van der Waals surface area (Å²) in [6.45, 7) is 10.0. The second-order valence-corrected chi connectivity index (χ2v) is 9.70. The van der Waals surface area contributed by atoms with Gasteiger partial charge in [0.2, 0.25) is 5.91 Å². The van der Waals surface area contributed by atoms with Crippen molar-refractivity contribution in [2.45, 2.75) is 39.1 Å². The minimum Gasteiger partial charge on any atom is -0.485 e. The Kier molecular flexibility index (Phi) is 8.88. The van der Waals surface area contributed by atoms with Crippen molar-refractivity contribution in [1.29, 1.82) is 0 Å². The van der Waals surface area contributed by atoms with Gasteiger partial charge in [0.25, 0.3) is 5.91 Å². The van der Waals surface area contributed by atoms with Crippen LogP contribution < -0.4 is 15.8 Å². The monoisotopic (exact) mass is 529 g/mol. The minimum absolute atomic E-state index is 0.0173. The summed E-state index contributed by atoms with van der Waals surface area (Å²) in [5, 5.41) is 11.8. The molecule has 0 unspecified atom stereocenters. The maximum Gasteiger partial charge on any atom is 0.341 e. The number of allylic oxidation sites excluding steroid dienone is 1. The van der Waals surface area contributed by atoms with Gasteiger partial charge in [0.15, 0.2) is 11.0 Å². The maximum absolute atomic E-state index is 12.7. The van der Waals surface area contributed by atoms with Crippen LogP contribution >= 0.6 is 23.1 Å². The van der Waals surface area contributed by atoms with E-state index in [2.05, 4.69) is 22.1 Å². The molecule has 0 aliphatic carbocycles. The van der Waals surface area contributed by atoms with Gasteiger partial charge >= 0.3 is 5.97 Å². The summed E-state index contributed by atoms with van der Waals surface area (Å²) in [5.74, 6) is -0.421. The highest BCUT2D eigenvalue weighted by Crippen LogP contribution is 2.33. The fourth-order valence-electron chi connectivity index (χ4n) is 3.35. The van der Waals surface area contributed by atoms with E-state index in [-0.39, 0.29) is 27.8 Å². The van der Waals surface area contributed by atoms with E-state index in [1.165, 1.54) is 18.9 Å². The summed E-state index contributed by atoms with van der Waals surface area (Å²) in [7, 11) is 1.22. The van der Waals surface area contributed by atoms with Crippen LogP contribution in [0.25, 0.3) is 0 Å². The van der Waals surface area contributed by atoms with Gasteiger partial charge < -0.3 is 20.5 Å². The molecule has 190 valence electrons. The summed E-state index contributed by atoms with van der Waals surface area (Å²) in [4.78, 5) is 36.8. The van der Waals surface area contributed by atoms with Gasteiger partial charge in [-0.2, -0.15) is 0 Å². The molecule has 0 atom stereocenters. The molecule has 0 fully saturated rings. The number of nitrogens with one attached hydrogen (secondary N) is 1. The predicted octanol–water partition coefficient (Wildman–Crippen LogP) is 3.65. The van der Waals surface area contributed by atoms with Gasteiger partial charge in [0.1, 0.15) is 17.4 Å². The lowest BCUT2D eigenvalue weighted by Crippen LogP contribution is -2.16. The van der Waals surface area contributed by atoms with E-state index in [1.54, 1.807) is 13.0 Å². The predicted molar refractivity (Wildman–Crippen MR) is 139 cm³/mol. The first-order valence-electron chi connectivity index (χ1n) is 10.8. The van der Waals surface area contributed by atoms with Crippen LogP contribution in [0.2, 0.25) is 0 Å². The molecule has 3 N–H and O–H groups in total. The fraction of sp³-hybridized carbons (Fsp3) is 0.292. The van der Waals surface area contributed by atoms with E-state index in [1.807, 2.05) is 36.6 Å². The Morgan fingerprint density at radius 2 is 1.97 bits per heavy atom. The second kappa shape index (κ2) is 11.9. The van der Waals surface area contributed by atoms with Gasteiger partial charge in [0.05, 0.1) is 23.3 Å². The van der Waals surface area contributed by atoms with Crippen molar-refractivity contribution in [3.05, 3.63) is 63.8 Å². The number of nitrogens with zero attached hydrogens (tertiary/aromatic N) is 3. The molecule has 12 heteroatoms. The SMILES string of the molecule is C=CCn1c(COc2cccc(C)c2C)nnc1SCC(=O)Nc1sc(C(N)=O)c(C)c1C(=O)OC. The number of thiophene rings is 1. The molecule has 2 amide bonds. The van der Waals surface area contributed by atoms with Gasteiger partial charge in [-0.05, 0) is 43.5 Å². The van der Waals surface area contributed by atoms with Crippen molar-refractivity contribution in [2.24, 2.45) is 5.73 Å². The first-order chi connectivity index (χ1) is 17.2. The number of carbonyl (C=O) groups is 3. The van der Waals surface area contributed by atoms with Crippen molar-refractivity contribution >= 4 is 45.9 Å². The molecule has 0 bridgehead atoms. The Morgan fingerprint density at radius 1 is 1.22 bits per heavy atom. The summed E-state index contributed by atoms with van der Waals surface area (Å²) in [6.07, 6.45) is 1.71. The Hall–Kier alpha value is -3.64. The van der Waals surface area contributed by atoms with Gasteiger partial charge in [-0.1, -0.05) is 30.0 Å². The highest BCUT2D eigenvalue weighted by molar-refractivity contribution is 7.99. The lowest BCUT2D eigenvalue weighted by molar-refractivity contribution is -0.113. The topological polar surface area (TPSA) is 138 Å². The zero-order chi connectivity index (χ0) is 26.4. The number of hydrogen-bond donors (Lipinski definition) is 2. The number of aromatic nitrogens is 3. The Bertz CT molecular complexity index is 1310. The van der Waals surface area contributed by atoms with E-state index >= 15 is 0 Å². The number of hydrogen-bond acceptors (Lipinski definition) is 9. The van der Waals surface area contributed by atoms with Crippen LogP contribution in [0.15, 0.2) is 36.0 Å². The average Bonchev–Trinajstić information content (AvgIpc) is 3.38. The number of nitrogens with two attached hydrogens (primary N) is 1. The van der Waals surface area contributed by atoms with Crippen LogP contribution in [0, 0.1) is 20.8 Å². The molecule has 36 heavy (non-hydrogen) atoms. The molecule has 1 aromatic carbocycles. The van der Waals surface area contributed by atoms with Crippen molar-refractivity contribution < 1.29 is 23.9 Å². The molecule has 0 aliphatic heterocycles. The van der Waals surface area contributed by atoms with Gasteiger partial charge in [-0.25, -0.2) is 4.79 Å². The quantitative estimate of drug-likeness (QED) is 0.218. The third kappa shape index (κ3) is 5.94. The van der Waals surface area contributed by atoms with Crippen molar-refractivity contribution in [1.82, 2.24) is 14.8 Å². The minimum atomic E-state index is -0.689. The molecule has 3 aromatic rings. The fourth-order valence-corrected chi connectivity index (χ4v) is 5.17. The van der Waals surface area contributed by atoms with Gasteiger partial charge in [-0.3, -0.25) is 14.2 Å². The van der Waals surface area contributed by atoms with E-state index in [0.717, 1.165) is 28.2 Å². The zero-order valence-electron chi connectivity index (χ0n) is 20.4. The Labute approximate surface area is 216 Å². The largest absolute Gasteiger partial charge is 0.485 e. The van der Waals surface area contributed by atoms with E-state index in [0.29, 0.717) is 23.1 Å². The molecule has 0 saturated heterocycles. The number of carbonyl (C=O) groups excluding carboxylic acids is 3. The molecule has 3 rings (SSSR count). The highest BCUT2D eigenvalue weighted by Gasteiger charge is 2.25. The summed E-state index contributed by atoms with van der Waals surface area (Å²) in [5.41, 5.74) is 8.04. The van der Waals surface area contributed by atoms with Crippen LogP contribution in [0.1, 0.15) is 42.5 Å². The summed E-state index contributed by atoms with van der Waals surface area (Å²) < 4.78 is 12.6. The van der Waals surface area contributed by atoms with Gasteiger partial charge in [-0.15, -0.1) is 28.1 Å². The van der Waals surface area contributed by atoms with Crippen LogP contribution in [0.3, 0.4) is 0 Å². The molecule has 0 aliphatic rings. The van der Waals surface area contributed by atoms with Gasteiger partial charge in [0, 0.05) is 6.54 Å². The zero-order valence-corrected chi connectivity index (χ0v) is 22.0. The Balaban J connectivity index is 1.71. The first-order valence-corrected chi connectivity index (χ1v) is 12.6. The van der Waals surface area contributed by atoms with E-state index in [9.17, 15) is 14.4 Å². The van der Waals surface area contributed by atoms with Crippen LogP contribution in [-0.4, -0.2) is 45.4 Å². The second-order valence-electron chi connectivity index (χ2n) is 7.74. The van der Waals surface area contributed by atoms with Crippen molar-refractivity contribution in [2.75, 3.05) is 18.2 Å². The number of anilines is 1. The van der Waals surface area contributed by atoms with Crippen LogP contribution in [-0.2, 0) is 22.7 Å². The molecular formula is C24H27N5O5S2. The van der Waals surface area contributed by atoms with E-state index < -0.39 is 17.8 Å². The number of methoxy groups -OCH3 is 1. The number of benzene rings is 1. The average molecular weight is 530 g/mol. The maximum atomic E-state index is 12.7. The number of amides is 2. The lowest BCUT2D eigenvalue weighted by Gasteiger charge is -2.12. The number of thioether (sulfide) groups is 1. The molecule has 0 radical (unpaired) electrons. The number of esters is 1. The smallest absolute Gasteiger partial charge is 0.341 e. The van der Waals surface area contributed by atoms with Crippen LogP contribution in [0.4, 0.5) is 5.00 Å². The summed E-state index contributed by atoms with van der Waals surface area (Å²) >= 11 is 2.10. The molecule has 10 nitrogen and oxygen atoms in total. The number of rotatable bonds is 11. The lowest BCUT2D eigenvalue weighted by atomic mass is 10.1. The highest BCUT2D eigenvalue weighted by atomic mass is 32.2. The van der Waals surface area contributed by atoms with Crippen LogP contribution in [0.5, 0.6) is 5.75 Å². The first kappa shape index (κ1) is 27.0. The Morgan fingerprint density at radius 3 is 2.64 bits per heavy atom. The number of ether oxygens (including phenoxy) is 2. The molecule has 0 spiro atoms. The molecule has 0 saturated carbocycles. The third-order valence-electron chi connectivity index (χ3n) is 5.36.